The number of halogens is 4. The van der Waals surface area contributed by atoms with Crippen LogP contribution in [0.2, 0.25) is 5.02 Å². The van der Waals surface area contributed by atoms with E-state index in [4.69, 9.17) is 16.3 Å². The Morgan fingerprint density at radius 3 is 2.40 bits per heavy atom. The van der Waals surface area contributed by atoms with E-state index in [2.05, 4.69) is 9.71 Å². The highest BCUT2D eigenvalue weighted by Crippen LogP contribution is 2.36. The van der Waals surface area contributed by atoms with Gasteiger partial charge in [0.15, 0.2) is 0 Å². The molecule has 1 aromatic carbocycles. The number of rotatable bonds is 4. The molecule has 30 heavy (non-hydrogen) atoms. The minimum absolute atomic E-state index is 0.0140. The van der Waals surface area contributed by atoms with Crippen molar-refractivity contribution in [1.82, 2.24) is 9.88 Å². The molecule has 2 heterocycles. The van der Waals surface area contributed by atoms with Crippen molar-refractivity contribution in [3.8, 4) is 0 Å². The lowest BCUT2D eigenvalue weighted by atomic mass is 10.2. The van der Waals surface area contributed by atoms with Gasteiger partial charge < -0.3 is 14.6 Å². The number of alkyl halides is 3. The first-order chi connectivity index (χ1) is 13.9. The third kappa shape index (κ3) is 4.42. The molecule has 2 aromatic rings. The Morgan fingerprint density at radius 2 is 1.83 bits per heavy atom. The fourth-order valence-corrected chi connectivity index (χ4v) is 5.08. The Labute approximate surface area is 176 Å². The quantitative estimate of drug-likeness (QED) is 0.722. The Hall–Kier alpha value is -2.24. The van der Waals surface area contributed by atoms with Gasteiger partial charge in [0.2, 0.25) is 0 Å². The molecule has 0 atom stereocenters. The number of hydrogen-bond donors (Lipinski definition) is 2. The Morgan fingerprint density at radius 1 is 1.20 bits per heavy atom. The molecule has 2 N–H and O–H groups in total. The highest BCUT2D eigenvalue weighted by Gasteiger charge is 2.34. The third-order valence-electron chi connectivity index (χ3n) is 4.63. The summed E-state index contributed by atoms with van der Waals surface area (Å²) >= 11 is 5.67. The molecule has 0 spiro atoms. The van der Waals surface area contributed by atoms with Gasteiger partial charge in [-0.05, 0) is 32.0 Å². The van der Waals surface area contributed by atoms with Gasteiger partial charge in [-0.2, -0.15) is 13.2 Å². The molecular formula is C18H19ClF3N3O4S. The second-order valence-electron chi connectivity index (χ2n) is 6.78. The largest absolute Gasteiger partial charge is 0.417 e. The predicted octanol–water partition coefficient (Wildman–Crippen LogP) is 3.58. The van der Waals surface area contributed by atoms with Gasteiger partial charge in [-0.3, -0.25) is 9.52 Å². The topological polar surface area (TPSA) is 91.5 Å². The van der Waals surface area contributed by atoms with Crippen molar-refractivity contribution in [2.45, 2.75) is 24.9 Å². The van der Waals surface area contributed by atoms with Crippen LogP contribution in [-0.4, -0.2) is 50.5 Å². The van der Waals surface area contributed by atoms with Crippen LogP contribution in [-0.2, 0) is 20.9 Å². The van der Waals surface area contributed by atoms with Crippen LogP contribution < -0.4 is 4.72 Å². The summed E-state index contributed by atoms with van der Waals surface area (Å²) in [4.78, 5) is 17.1. The molecular weight excluding hydrogens is 447 g/mol. The van der Waals surface area contributed by atoms with E-state index in [0.717, 1.165) is 12.1 Å². The number of nitrogens with one attached hydrogen (secondary N) is 2. The molecule has 164 valence electrons. The fraction of sp³-hybridized carbons (Fsp3) is 0.389. The lowest BCUT2D eigenvalue weighted by Crippen LogP contribution is -2.41. The second kappa shape index (κ2) is 8.12. The SMILES string of the molecule is Cc1[nH]c(C)c(S(=O)(=O)Nc2ccc(C(F)(F)F)c(Cl)c2)c1C(=O)N1CCOCC1. The zero-order chi connectivity index (χ0) is 22.3. The van der Waals surface area contributed by atoms with Crippen LogP contribution in [0.15, 0.2) is 23.1 Å². The van der Waals surface area contributed by atoms with E-state index in [9.17, 15) is 26.4 Å². The van der Waals surface area contributed by atoms with Crippen LogP contribution in [0.1, 0.15) is 27.3 Å². The zero-order valence-corrected chi connectivity index (χ0v) is 17.6. The normalized spacial score (nSPS) is 15.3. The van der Waals surface area contributed by atoms with Crippen molar-refractivity contribution in [3.05, 3.63) is 45.7 Å². The summed E-state index contributed by atoms with van der Waals surface area (Å²) in [6.07, 6.45) is -4.67. The highest BCUT2D eigenvalue weighted by atomic mass is 35.5. The van der Waals surface area contributed by atoms with Crippen molar-refractivity contribution < 1.29 is 31.1 Å². The first-order valence-electron chi connectivity index (χ1n) is 8.87. The van der Waals surface area contributed by atoms with Crippen LogP contribution in [0.5, 0.6) is 0 Å². The Kier molecular flexibility index (Phi) is 6.08. The van der Waals surface area contributed by atoms with Gasteiger partial charge in [0, 0.05) is 24.5 Å². The Bertz CT molecular complexity index is 1080. The monoisotopic (exact) mass is 465 g/mol. The molecule has 3 rings (SSSR count). The summed E-state index contributed by atoms with van der Waals surface area (Å²) < 4.78 is 72.2. The van der Waals surface area contributed by atoms with Gasteiger partial charge in [0.05, 0.1) is 35.1 Å². The summed E-state index contributed by atoms with van der Waals surface area (Å²) in [5, 5.41) is -0.644. The zero-order valence-electron chi connectivity index (χ0n) is 16.1. The van der Waals surface area contributed by atoms with E-state index in [1.54, 1.807) is 6.92 Å². The lowest BCUT2D eigenvalue weighted by molar-refractivity contribution is -0.137. The molecule has 12 heteroatoms. The number of sulfonamides is 1. The molecule has 1 saturated heterocycles. The van der Waals surface area contributed by atoms with Crippen LogP contribution >= 0.6 is 11.6 Å². The minimum Gasteiger partial charge on any atom is -0.378 e. The molecule has 7 nitrogen and oxygen atoms in total. The molecule has 0 saturated carbocycles. The van der Waals surface area contributed by atoms with E-state index in [1.807, 2.05) is 0 Å². The highest BCUT2D eigenvalue weighted by molar-refractivity contribution is 7.92. The maximum atomic E-state index is 13.0. The van der Waals surface area contributed by atoms with Gasteiger partial charge >= 0.3 is 6.18 Å². The summed E-state index contributed by atoms with van der Waals surface area (Å²) in [7, 11) is -4.30. The number of aromatic amines is 1. The first-order valence-corrected chi connectivity index (χ1v) is 10.7. The molecule has 0 unspecified atom stereocenters. The van der Waals surface area contributed by atoms with Crippen molar-refractivity contribution in [3.63, 3.8) is 0 Å². The van der Waals surface area contributed by atoms with Crippen molar-refractivity contribution >= 4 is 33.2 Å². The van der Waals surface area contributed by atoms with E-state index in [1.165, 1.54) is 11.8 Å². The molecule has 1 aliphatic heterocycles. The number of anilines is 1. The number of aryl methyl sites for hydroxylation is 2. The van der Waals surface area contributed by atoms with Gasteiger partial charge in [-0.25, -0.2) is 8.42 Å². The minimum atomic E-state index is -4.67. The number of nitrogens with zero attached hydrogens (tertiary/aromatic N) is 1. The molecule has 1 amide bonds. The average molecular weight is 466 g/mol. The number of hydrogen-bond acceptors (Lipinski definition) is 4. The second-order valence-corrected chi connectivity index (χ2v) is 8.81. The summed E-state index contributed by atoms with van der Waals surface area (Å²) in [6.45, 7) is 4.41. The van der Waals surface area contributed by atoms with Gasteiger partial charge in [0.25, 0.3) is 15.9 Å². The fourth-order valence-electron chi connectivity index (χ4n) is 3.29. The van der Waals surface area contributed by atoms with E-state index < -0.39 is 32.7 Å². The van der Waals surface area contributed by atoms with Crippen LogP contribution in [0.25, 0.3) is 0 Å². The molecule has 1 aliphatic rings. The van der Waals surface area contributed by atoms with Gasteiger partial charge in [-0.1, -0.05) is 11.6 Å². The summed E-state index contributed by atoms with van der Waals surface area (Å²) in [5.74, 6) is -0.467. The van der Waals surface area contributed by atoms with E-state index >= 15 is 0 Å². The van der Waals surface area contributed by atoms with Crippen molar-refractivity contribution in [2.75, 3.05) is 31.0 Å². The molecule has 0 bridgehead atoms. The standard InChI is InChI=1S/C18H19ClF3N3O4S/c1-10-15(17(26)25-5-7-29-8-6-25)16(11(2)23-10)30(27,28)24-12-3-4-13(14(19)9-12)18(20,21)22/h3-4,9,23-24H,5-8H2,1-2H3. The number of ether oxygens (including phenoxy) is 1. The summed E-state index contributed by atoms with van der Waals surface area (Å²) in [5.41, 5.74) is -0.649. The molecule has 0 aliphatic carbocycles. The lowest BCUT2D eigenvalue weighted by Gasteiger charge is -2.27. The van der Waals surface area contributed by atoms with Crippen LogP contribution in [0, 0.1) is 13.8 Å². The number of carbonyl (C=O) groups is 1. The number of benzene rings is 1. The van der Waals surface area contributed by atoms with E-state index in [0.29, 0.717) is 38.1 Å². The maximum Gasteiger partial charge on any atom is 0.417 e. The first kappa shape index (κ1) is 22.4. The number of H-pyrrole nitrogens is 1. The third-order valence-corrected chi connectivity index (χ3v) is 6.49. The summed E-state index contributed by atoms with van der Waals surface area (Å²) in [6, 6.07) is 2.53. The van der Waals surface area contributed by atoms with E-state index in [-0.39, 0.29) is 21.8 Å². The van der Waals surface area contributed by atoms with Gasteiger partial charge in [0.1, 0.15) is 4.90 Å². The molecule has 1 fully saturated rings. The van der Waals surface area contributed by atoms with Crippen LogP contribution in [0.3, 0.4) is 0 Å². The number of morpholine rings is 1. The molecule has 1 aromatic heterocycles. The predicted molar refractivity (Wildman–Crippen MR) is 104 cm³/mol. The smallest absolute Gasteiger partial charge is 0.378 e. The maximum absolute atomic E-state index is 13.0. The number of aromatic nitrogens is 1. The Balaban J connectivity index is 1.97. The van der Waals surface area contributed by atoms with Crippen molar-refractivity contribution in [2.24, 2.45) is 0 Å². The average Bonchev–Trinajstić information content (AvgIpc) is 2.95. The number of amides is 1. The van der Waals surface area contributed by atoms with Crippen LogP contribution in [0.4, 0.5) is 18.9 Å². The van der Waals surface area contributed by atoms with Crippen molar-refractivity contribution in [1.29, 1.82) is 0 Å². The molecule has 0 radical (unpaired) electrons. The number of carbonyl (C=O) groups excluding carboxylic acids is 1. The van der Waals surface area contributed by atoms with Gasteiger partial charge in [-0.15, -0.1) is 0 Å².